The number of rotatable bonds is 2. The lowest BCUT2D eigenvalue weighted by atomic mass is 10.0. The van der Waals surface area contributed by atoms with Crippen molar-refractivity contribution in [2.45, 2.75) is 6.18 Å². The molecule has 0 aliphatic rings. The third kappa shape index (κ3) is 2.61. The summed E-state index contributed by atoms with van der Waals surface area (Å²) < 4.78 is 51.6. The molecule has 0 unspecified atom stereocenters. The van der Waals surface area contributed by atoms with E-state index in [9.17, 15) is 27.7 Å². The Balaban J connectivity index is 2.66. The summed E-state index contributed by atoms with van der Waals surface area (Å²) in [7, 11) is 0. The maximum atomic E-state index is 13.7. The van der Waals surface area contributed by atoms with Gasteiger partial charge >= 0.3 is 6.18 Å². The van der Waals surface area contributed by atoms with E-state index in [0.29, 0.717) is 6.07 Å². The molecule has 0 aliphatic carbocycles. The molecule has 0 fully saturated rings. The Hall–Kier alpha value is -2.44. The molecule has 0 spiro atoms. The largest absolute Gasteiger partial charge is 0.416 e. The van der Waals surface area contributed by atoms with Gasteiger partial charge in [-0.25, -0.2) is 4.39 Å². The molecule has 20 heavy (non-hydrogen) atoms. The number of halogens is 4. The van der Waals surface area contributed by atoms with Crippen molar-refractivity contribution in [2.24, 2.45) is 0 Å². The fraction of sp³-hybridized carbons (Fsp3) is 0.0769. The van der Waals surface area contributed by atoms with E-state index in [4.69, 9.17) is 0 Å². The maximum absolute atomic E-state index is 13.7. The van der Waals surface area contributed by atoms with Crippen LogP contribution in [0.1, 0.15) is 5.56 Å². The minimum atomic E-state index is -4.60. The average Bonchev–Trinajstić information content (AvgIpc) is 2.37. The van der Waals surface area contributed by atoms with Crippen LogP contribution >= 0.6 is 0 Å². The van der Waals surface area contributed by atoms with Crippen molar-refractivity contribution in [1.29, 1.82) is 0 Å². The van der Waals surface area contributed by atoms with Crippen LogP contribution < -0.4 is 0 Å². The van der Waals surface area contributed by atoms with E-state index in [-0.39, 0.29) is 5.56 Å². The highest BCUT2D eigenvalue weighted by atomic mass is 19.4. The first-order valence-corrected chi connectivity index (χ1v) is 5.41. The van der Waals surface area contributed by atoms with Gasteiger partial charge in [-0.2, -0.15) is 13.2 Å². The highest BCUT2D eigenvalue weighted by Gasteiger charge is 2.31. The van der Waals surface area contributed by atoms with E-state index in [2.05, 4.69) is 0 Å². The van der Waals surface area contributed by atoms with Crippen LogP contribution in [0.4, 0.5) is 23.2 Å². The molecule has 0 heterocycles. The fourth-order valence-corrected chi connectivity index (χ4v) is 1.80. The summed E-state index contributed by atoms with van der Waals surface area (Å²) >= 11 is 0. The Kier molecular flexibility index (Phi) is 3.44. The standard InChI is InChI=1S/C13H7F4NO2/c14-10-5-2-6-11(18(19)20)12(10)8-3-1-4-9(7-8)13(15,16)17/h1-7H. The summed E-state index contributed by atoms with van der Waals surface area (Å²) in [6.45, 7) is 0. The lowest BCUT2D eigenvalue weighted by Gasteiger charge is -2.09. The highest BCUT2D eigenvalue weighted by Crippen LogP contribution is 2.36. The van der Waals surface area contributed by atoms with Gasteiger partial charge in [-0.15, -0.1) is 0 Å². The third-order valence-electron chi connectivity index (χ3n) is 2.67. The summed E-state index contributed by atoms with van der Waals surface area (Å²) in [6, 6.07) is 6.91. The fourth-order valence-electron chi connectivity index (χ4n) is 1.80. The van der Waals surface area contributed by atoms with E-state index < -0.39 is 33.7 Å². The van der Waals surface area contributed by atoms with E-state index >= 15 is 0 Å². The van der Waals surface area contributed by atoms with E-state index in [1.165, 1.54) is 6.07 Å². The number of nitrogens with zero attached hydrogens (tertiary/aromatic N) is 1. The van der Waals surface area contributed by atoms with E-state index in [0.717, 1.165) is 30.3 Å². The summed E-state index contributed by atoms with van der Waals surface area (Å²) in [5, 5.41) is 10.8. The molecule has 7 heteroatoms. The Morgan fingerprint density at radius 1 is 1.05 bits per heavy atom. The number of hydrogen-bond donors (Lipinski definition) is 0. The van der Waals surface area contributed by atoms with Gasteiger partial charge in [0.2, 0.25) is 0 Å². The van der Waals surface area contributed by atoms with Gasteiger partial charge in [0, 0.05) is 6.07 Å². The third-order valence-corrected chi connectivity index (χ3v) is 2.67. The van der Waals surface area contributed by atoms with Gasteiger partial charge in [-0.05, 0) is 23.8 Å². The average molecular weight is 285 g/mol. The molecule has 0 aliphatic heterocycles. The van der Waals surface area contributed by atoms with Crippen LogP contribution in [0, 0.1) is 15.9 Å². The van der Waals surface area contributed by atoms with Gasteiger partial charge in [0.05, 0.1) is 16.1 Å². The van der Waals surface area contributed by atoms with Crippen LogP contribution in [0.2, 0.25) is 0 Å². The molecule has 3 nitrogen and oxygen atoms in total. The lowest BCUT2D eigenvalue weighted by molar-refractivity contribution is -0.384. The Labute approximate surface area is 110 Å². The molecule has 0 bridgehead atoms. The van der Waals surface area contributed by atoms with Gasteiger partial charge in [0.1, 0.15) is 5.82 Å². The highest BCUT2D eigenvalue weighted by molar-refractivity contribution is 5.74. The molecule has 2 aromatic carbocycles. The molecule has 0 saturated carbocycles. The number of nitro benzene ring substituents is 1. The van der Waals surface area contributed by atoms with Crippen molar-refractivity contribution in [3.05, 3.63) is 64.0 Å². The molecule has 104 valence electrons. The number of nitro groups is 1. The van der Waals surface area contributed by atoms with Gasteiger partial charge in [0.15, 0.2) is 0 Å². The lowest BCUT2D eigenvalue weighted by Crippen LogP contribution is -2.05. The Morgan fingerprint density at radius 2 is 1.70 bits per heavy atom. The van der Waals surface area contributed by atoms with Gasteiger partial charge in [-0.1, -0.05) is 18.2 Å². The molecule has 2 rings (SSSR count). The van der Waals surface area contributed by atoms with Gasteiger partial charge in [0.25, 0.3) is 5.69 Å². The van der Waals surface area contributed by atoms with E-state index in [1.807, 2.05) is 0 Å². The van der Waals surface area contributed by atoms with Crippen molar-refractivity contribution in [2.75, 3.05) is 0 Å². The van der Waals surface area contributed by atoms with Crippen LogP contribution in [0.25, 0.3) is 11.1 Å². The quantitative estimate of drug-likeness (QED) is 0.465. The monoisotopic (exact) mass is 285 g/mol. The number of benzene rings is 2. The molecular weight excluding hydrogens is 278 g/mol. The van der Waals surface area contributed by atoms with E-state index in [1.54, 1.807) is 0 Å². The zero-order valence-electron chi connectivity index (χ0n) is 9.82. The number of hydrogen-bond acceptors (Lipinski definition) is 2. The summed E-state index contributed by atoms with van der Waals surface area (Å²) in [5.41, 5.74) is -2.22. The molecule has 0 amide bonds. The predicted molar refractivity (Wildman–Crippen MR) is 63.5 cm³/mol. The van der Waals surface area contributed by atoms with Crippen LogP contribution in [0.5, 0.6) is 0 Å². The molecule has 2 aromatic rings. The SMILES string of the molecule is O=[N+]([O-])c1cccc(F)c1-c1cccc(C(F)(F)F)c1. The molecular formula is C13H7F4NO2. The molecule has 0 atom stereocenters. The van der Waals surface area contributed by atoms with Crippen LogP contribution in [0.3, 0.4) is 0 Å². The van der Waals surface area contributed by atoms with Crippen molar-refractivity contribution >= 4 is 5.69 Å². The Morgan fingerprint density at radius 3 is 2.30 bits per heavy atom. The maximum Gasteiger partial charge on any atom is 0.416 e. The smallest absolute Gasteiger partial charge is 0.258 e. The second-order valence-corrected chi connectivity index (χ2v) is 3.97. The van der Waals surface area contributed by atoms with Crippen molar-refractivity contribution in [3.63, 3.8) is 0 Å². The summed E-state index contributed by atoms with van der Waals surface area (Å²) in [5.74, 6) is -0.946. The predicted octanol–water partition coefficient (Wildman–Crippen LogP) is 4.42. The minimum Gasteiger partial charge on any atom is -0.258 e. The zero-order chi connectivity index (χ0) is 14.9. The van der Waals surface area contributed by atoms with Crippen LogP contribution in [0.15, 0.2) is 42.5 Å². The second kappa shape index (κ2) is 4.92. The van der Waals surface area contributed by atoms with Gasteiger partial charge < -0.3 is 0 Å². The minimum absolute atomic E-state index is 0.190. The zero-order valence-corrected chi connectivity index (χ0v) is 9.82. The number of alkyl halides is 3. The van der Waals surface area contributed by atoms with Crippen LogP contribution in [-0.4, -0.2) is 4.92 Å². The first-order chi connectivity index (χ1) is 9.30. The summed E-state index contributed by atoms with van der Waals surface area (Å²) in [4.78, 5) is 10.0. The second-order valence-electron chi connectivity index (χ2n) is 3.97. The van der Waals surface area contributed by atoms with Crippen molar-refractivity contribution in [1.82, 2.24) is 0 Å². The van der Waals surface area contributed by atoms with Gasteiger partial charge in [-0.3, -0.25) is 10.1 Å². The first kappa shape index (κ1) is 14.0. The molecule has 0 N–H and O–H groups in total. The normalized spacial score (nSPS) is 11.4. The summed E-state index contributed by atoms with van der Waals surface area (Å²) in [6.07, 6.45) is -4.60. The topological polar surface area (TPSA) is 43.1 Å². The first-order valence-electron chi connectivity index (χ1n) is 5.41. The van der Waals surface area contributed by atoms with Crippen molar-refractivity contribution < 1.29 is 22.5 Å². The van der Waals surface area contributed by atoms with Crippen LogP contribution in [-0.2, 0) is 6.18 Å². The molecule has 0 radical (unpaired) electrons. The molecule has 0 aromatic heterocycles. The molecule has 0 saturated heterocycles. The Bertz CT molecular complexity index is 668. The van der Waals surface area contributed by atoms with Crippen molar-refractivity contribution in [3.8, 4) is 11.1 Å².